The van der Waals surface area contributed by atoms with Crippen LogP contribution in [0, 0.1) is 6.92 Å². The maximum absolute atomic E-state index is 10.9. The molecule has 1 aromatic heterocycles. The minimum absolute atomic E-state index is 0.454. The lowest BCUT2D eigenvalue weighted by molar-refractivity contribution is -0.144. The van der Waals surface area contributed by atoms with Crippen molar-refractivity contribution >= 4 is 21.9 Å². The molecule has 0 fully saturated rings. The van der Waals surface area contributed by atoms with Gasteiger partial charge in [0.15, 0.2) is 6.10 Å². The first-order valence-electron chi connectivity index (χ1n) is 5.59. The largest absolute Gasteiger partial charge is 0.479 e. The summed E-state index contributed by atoms with van der Waals surface area (Å²) in [6.45, 7) is 3.33. The first-order valence-corrected chi connectivity index (χ1v) is 6.38. The van der Waals surface area contributed by atoms with Crippen molar-refractivity contribution in [3.63, 3.8) is 0 Å². The van der Waals surface area contributed by atoms with Gasteiger partial charge < -0.3 is 14.4 Å². The van der Waals surface area contributed by atoms with Gasteiger partial charge in [-0.2, -0.15) is 0 Å². The Morgan fingerprint density at radius 2 is 2.26 bits per heavy atom. The number of carbonyl (C=O) groups is 1. The van der Waals surface area contributed by atoms with E-state index in [1.54, 1.807) is 12.1 Å². The Morgan fingerprint density at radius 1 is 1.53 bits per heavy atom. The smallest absolute Gasteiger partial charge is 0.344 e. The number of aliphatic carboxylic acids is 1. The number of carboxylic acids is 1. The van der Waals surface area contributed by atoms with E-state index in [1.165, 1.54) is 13.2 Å². The Balaban J connectivity index is 2.44. The summed E-state index contributed by atoms with van der Waals surface area (Å²) in [4.78, 5) is 10.9. The molecule has 0 aliphatic carbocycles. The summed E-state index contributed by atoms with van der Waals surface area (Å²) in [6, 6.07) is 5.30. The molecule has 0 amide bonds. The average molecular weight is 326 g/mol. The second-order valence-electron chi connectivity index (χ2n) is 4.08. The lowest BCUT2D eigenvalue weighted by atomic mass is 10.1. The highest BCUT2D eigenvalue weighted by Gasteiger charge is 2.18. The van der Waals surface area contributed by atoms with Crippen LogP contribution in [0.15, 0.2) is 33.5 Å². The molecule has 1 heterocycles. The predicted octanol–water partition coefficient (Wildman–Crippen LogP) is 3.26. The van der Waals surface area contributed by atoms with Crippen LogP contribution in [0.3, 0.4) is 0 Å². The van der Waals surface area contributed by atoms with Crippen LogP contribution in [-0.4, -0.2) is 22.3 Å². The second kappa shape index (κ2) is 5.44. The Labute approximate surface area is 118 Å². The van der Waals surface area contributed by atoms with Crippen molar-refractivity contribution in [1.29, 1.82) is 0 Å². The molecule has 19 heavy (non-hydrogen) atoms. The summed E-state index contributed by atoms with van der Waals surface area (Å²) in [5, 5.41) is 12.8. The third-order valence-electron chi connectivity index (χ3n) is 2.60. The lowest BCUT2D eigenvalue weighted by Crippen LogP contribution is -2.23. The van der Waals surface area contributed by atoms with E-state index in [-0.39, 0.29) is 0 Å². The van der Waals surface area contributed by atoms with Gasteiger partial charge in [-0.1, -0.05) is 21.1 Å². The van der Waals surface area contributed by atoms with Gasteiger partial charge in [0.05, 0.1) is 0 Å². The van der Waals surface area contributed by atoms with Crippen LogP contribution in [0.25, 0.3) is 11.3 Å². The maximum Gasteiger partial charge on any atom is 0.344 e. The number of benzene rings is 1. The number of hydrogen-bond donors (Lipinski definition) is 1. The molecule has 1 aromatic carbocycles. The third kappa shape index (κ3) is 2.96. The van der Waals surface area contributed by atoms with Gasteiger partial charge in [0, 0.05) is 15.6 Å². The molecule has 1 N–H and O–H groups in total. The van der Waals surface area contributed by atoms with E-state index >= 15 is 0 Å². The van der Waals surface area contributed by atoms with E-state index in [2.05, 4.69) is 21.1 Å². The average Bonchev–Trinajstić information content (AvgIpc) is 2.77. The van der Waals surface area contributed by atoms with Crippen molar-refractivity contribution in [2.45, 2.75) is 20.0 Å². The van der Waals surface area contributed by atoms with Crippen LogP contribution in [0.5, 0.6) is 5.75 Å². The standard InChI is InChI=1S/C13H12BrNO4/c1-7-6-18-15-12(7)10-5-9(14)3-4-11(10)19-8(2)13(16)17/h3-6,8H,1-2H3,(H,16,17)/t8-/m0/s1. The lowest BCUT2D eigenvalue weighted by Gasteiger charge is -2.14. The van der Waals surface area contributed by atoms with Gasteiger partial charge in [-0.25, -0.2) is 4.79 Å². The number of aromatic nitrogens is 1. The van der Waals surface area contributed by atoms with E-state index in [9.17, 15) is 4.79 Å². The molecule has 2 aromatic rings. The highest BCUT2D eigenvalue weighted by Crippen LogP contribution is 2.34. The van der Waals surface area contributed by atoms with Gasteiger partial charge in [0.2, 0.25) is 0 Å². The van der Waals surface area contributed by atoms with E-state index in [0.29, 0.717) is 17.0 Å². The molecule has 0 saturated carbocycles. The summed E-state index contributed by atoms with van der Waals surface area (Å²) in [6.07, 6.45) is 0.591. The molecule has 6 heteroatoms. The van der Waals surface area contributed by atoms with Crippen LogP contribution in [0.2, 0.25) is 0 Å². The normalized spacial score (nSPS) is 12.2. The zero-order chi connectivity index (χ0) is 14.0. The summed E-state index contributed by atoms with van der Waals surface area (Å²) in [5.41, 5.74) is 2.17. The molecule has 100 valence electrons. The molecule has 0 bridgehead atoms. The number of aryl methyl sites for hydroxylation is 1. The van der Waals surface area contributed by atoms with Crippen LogP contribution in [0.1, 0.15) is 12.5 Å². The van der Waals surface area contributed by atoms with Gasteiger partial charge in [0.25, 0.3) is 0 Å². The molecule has 0 spiro atoms. The van der Waals surface area contributed by atoms with Crippen LogP contribution in [-0.2, 0) is 4.79 Å². The van der Waals surface area contributed by atoms with Crippen molar-refractivity contribution in [3.05, 3.63) is 34.5 Å². The Bertz CT molecular complexity index is 608. The molecular formula is C13H12BrNO4. The topological polar surface area (TPSA) is 72.6 Å². The van der Waals surface area contributed by atoms with Gasteiger partial charge in [-0.3, -0.25) is 0 Å². The zero-order valence-electron chi connectivity index (χ0n) is 10.4. The number of ether oxygens (including phenoxy) is 1. The highest BCUT2D eigenvalue weighted by molar-refractivity contribution is 9.10. The monoisotopic (exact) mass is 325 g/mol. The fourth-order valence-electron chi connectivity index (χ4n) is 1.58. The van der Waals surface area contributed by atoms with Crippen LogP contribution >= 0.6 is 15.9 Å². The quantitative estimate of drug-likeness (QED) is 0.933. The van der Waals surface area contributed by atoms with Crippen molar-refractivity contribution in [1.82, 2.24) is 5.16 Å². The van der Waals surface area contributed by atoms with Crippen molar-refractivity contribution < 1.29 is 19.2 Å². The first-order chi connectivity index (χ1) is 8.99. The molecule has 1 atom stereocenters. The van der Waals surface area contributed by atoms with Crippen LogP contribution in [0.4, 0.5) is 0 Å². The molecular weight excluding hydrogens is 314 g/mol. The molecule has 0 unspecified atom stereocenters. The van der Waals surface area contributed by atoms with E-state index in [4.69, 9.17) is 14.4 Å². The maximum atomic E-state index is 10.9. The minimum atomic E-state index is -1.02. The highest BCUT2D eigenvalue weighted by atomic mass is 79.9. The Kier molecular flexibility index (Phi) is 3.90. The molecule has 2 rings (SSSR count). The van der Waals surface area contributed by atoms with E-state index < -0.39 is 12.1 Å². The van der Waals surface area contributed by atoms with Gasteiger partial charge in [-0.15, -0.1) is 0 Å². The van der Waals surface area contributed by atoms with E-state index in [0.717, 1.165) is 10.0 Å². The molecule has 0 aliphatic rings. The van der Waals surface area contributed by atoms with Crippen LogP contribution < -0.4 is 4.74 Å². The fraction of sp³-hybridized carbons (Fsp3) is 0.231. The summed E-state index contributed by atoms with van der Waals surface area (Å²) in [7, 11) is 0. The number of halogens is 1. The van der Waals surface area contributed by atoms with Crippen molar-refractivity contribution in [2.24, 2.45) is 0 Å². The molecule has 0 saturated heterocycles. The number of rotatable bonds is 4. The SMILES string of the molecule is Cc1conc1-c1cc(Br)ccc1O[C@@H](C)C(=O)O. The molecule has 5 nitrogen and oxygen atoms in total. The summed E-state index contributed by atoms with van der Waals surface area (Å²) < 4.78 is 11.2. The molecule has 0 radical (unpaired) electrons. The number of carboxylic acid groups (broad SMARTS) is 1. The van der Waals surface area contributed by atoms with Crippen molar-refractivity contribution in [2.75, 3.05) is 0 Å². The molecule has 0 aliphatic heterocycles. The van der Waals surface area contributed by atoms with E-state index in [1.807, 2.05) is 13.0 Å². The zero-order valence-corrected chi connectivity index (χ0v) is 12.0. The Hall–Kier alpha value is -1.82. The summed E-state index contributed by atoms with van der Waals surface area (Å²) >= 11 is 3.37. The first kappa shape index (κ1) is 13.6. The van der Waals surface area contributed by atoms with Gasteiger partial charge in [0.1, 0.15) is 17.7 Å². The minimum Gasteiger partial charge on any atom is -0.479 e. The van der Waals surface area contributed by atoms with Gasteiger partial charge in [-0.05, 0) is 32.0 Å². The fourth-order valence-corrected chi connectivity index (χ4v) is 1.94. The Morgan fingerprint density at radius 3 is 2.84 bits per heavy atom. The second-order valence-corrected chi connectivity index (χ2v) is 5.00. The third-order valence-corrected chi connectivity index (χ3v) is 3.09. The predicted molar refractivity (Wildman–Crippen MR) is 72.1 cm³/mol. The number of hydrogen-bond acceptors (Lipinski definition) is 4. The van der Waals surface area contributed by atoms with Gasteiger partial charge >= 0.3 is 5.97 Å². The summed E-state index contributed by atoms with van der Waals surface area (Å²) in [5.74, 6) is -0.569. The number of nitrogens with zero attached hydrogens (tertiary/aromatic N) is 1. The van der Waals surface area contributed by atoms with Crippen molar-refractivity contribution in [3.8, 4) is 17.0 Å².